The average molecular weight is 339 g/mol. The summed E-state index contributed by atoms with van der Waals surface area (Å²) in [4.78, 5) is 29.4. The van der Waals surface area contributed by atoms with Crippen molar-refractivity contribution in [2.45, 2.75) is 33.2 Å². The van der Waals surface area contributed by atoms with Crippen LogP contribution in [0.25, 0.3) is 17.2 Å². The zero-order valence-electron chi connectivity index (χ0n) is 14.8. The molecule has 0 unspecified atom stereocenters. The quantitative estimate of drug-likeness (QED) is 0.780. The minimum atomic E-state index is -0.306. The summed E-state index contributed by atoms with van der Waals surface area (Å²) in [5.74, 6) is 0.754. The minimum Gasteiger partial charge on any atom is -0.354 e. The molecular weight excluding hydrogens is 318 g/mol. The van der Waals surface area contributed by atoms with E-state index in [2.05, 4.69) is 15.4 Å². The van der Waals surface area contributed by atoms with Crippen LogP contribution in [0.5, 0.6) is 0 Å². The standard InChI is InChI=1S/C18H21N5O2/c1-11(2)19-15(24)10-14-12(3)22(4)18-20-16(21-23(18)17(14)25)13-8-6-5-7-9-13/h5-9,11H,10H2,1-4H3,(H,19,24). The number of aromatic nitrogens is 4. The van der Waals surface area contributed by atoms with Gasteiger partial charge in [0.2, 0.25) is 11.7 Å². The predicted molar refractivity (Wildman–Crippen MR) is 95.4 cm³/mol. The summed E-state index contributed by atoms with van der Waals surface area (Å²) in [6.45, 7) is 5.58. The van der Waals surface area contributed by atoms with Crippen LogP contribution in [0.4, 0.5) is 0 Å². The van der Waals surface area contributed by atoms with Gasteiger partial charge in [0.25, 0.3) is 5.56 Å². The van der Waals surface area contributed by atoms with Crippen molar-refractivity contribution in [3.8, 4) is 11.4 Å². The largest absolute Gasteiger partial charge is 0.354 e. The van der Waals surface area contributed by atoms with Crippen molar-refractivity contribution < 1.29 is 4.79 Å². The molecule has 0 fully saturated rings. The average Bonchev–Trinajstić information content (AvgIpc) is 3.02. The maximum atomic E-state index is 12.8. The second-order valence-corrected chi connectivity index (χ2v) is 6.34. The summed E-state index contributed by atoms with van der Waals surface area (Å²) in [5, 5.41) is 7.17. The van der Waals surface area contributed by atoms with Gasteiger partial charge in [0.1, 0.15) is 0 Å². The Morgan fingerprint density at radius 1 is 1.24 bits per heavy atom. The lowest BCUT2D eigenvalue weighted by Gasteiger charge is -2.12. The van der Waals surface area contributed by atoms with E-state index in [-0.39, 0.29) is 23.9 Å². The number of rotatable bonds is 4. The molecule has 0 spiro atoms. The molecule has 7 heteroatoms. The summed E-state index contributed by atoms with van der Waals surface area (Å²) in [5.41, 5.74) is 1.67. The second-order valence-electron chi connectivity index (χ2n) is 6.34. The summed E-state index contributed by atoms with van der Waals surface area (Å²) in [7, 11) is 1.82. The molecule has 0 aliphatic carbocycles. The van der Waals surface area contributed by atoms with E-state index in [1.165, 1.54) is 4.52 Å². The first-order valence-electron chi connectivity index (χ1n) is 8.18. The fraction of sp³-hybridized carbons (Fsp3) is 0.333. The summed E-state index contributed by atoms with van der Waals surface area (Å²) in [6.07, 6.45) is 0.0210. The third-order valence-electron chi connectivity index (χ3n) is 4.10. The van der Waals surface area contributed by atoms with Gasteiger partial charge in [-0.3, -0.25) is 9.59 Å². The van der Waals surface area contributed by atoms with E-state index in [0.717, 1.165) is 5.56 Å². The van der Waals surface area contributed by atoms with Gasteiger partial charge in [0, 0.05) is 29.9 Å². The number of nitrogens with zero attached hydrogens (tertiary/aromatic N) is 4. The highest BCUT2D eigenvalue weighted by atomic mass is 16.2. The number of amides is 1. The number of benzene rings is 1. The van der Waals surface area contributed by atoms with E-state index in [0.29, 0.717) is 22.9 Å². The van der Waals surface area contributed by atoms with Crippen molar-refractivity contribution in [3.05, 3.63) is 51.9 Å². The van der Waals surface area contributed by atoms with Crippen LogP contribution in [0.15, 0.2) is 35.1 Å². The highest BCUT2D eigenvalue weighted by Gasteiger charge is 2.19. The van der Waals surface area contributed by atoms with Crippen molar-refractivity contribution in [1.82, 2.24) is 24.5 Å². The molecule has 0 bridgehead atoms. The Bertz CT molecular complexity index is 986. The van der Waals surface area contributed by atoms with Gasteiger partial charge < -0.3 is 9.88 Å². The molecule has 0 aliphatic heterocycles. The van der Waals surface area contributed by atoms with Gasteiger partial charge in [-0.2, -0.15) is 9.50 Å². The molecule has 1 aromatic carbocycles. The Morgan fingerprint density at radius 2 is 1.92 bits per heavy atom. The number of fused-ring (bicyclic) bond motifs is 1. The van der Waals surface area contributed by atoms with Crippen molar-refractivity contribution in [3.63, 3.8) is 0 Å². The Balaban J connectivity index is 2.12. The van der Waals surface area contributed by atoms with Gasteiger partial charge in [-0.25, -0.2) is 0 Å². The van der Waals surface area contributed by atoms with E-state index in [1.807, 2.05) is 58.2 Å². The molecule has 1 amide bonds. The molecule has 7 nitrogen and oxygen atoms in total. The second kappa shape index (κ2) is 6.51. The molecule has 25 heavy (non-hydrogen) atoms. The molecular formula is C18H21N5O2. The van der Waals surface area contributed by atoms with Crippen LogP contribution in [-0.2, 0) is 18.3 Å². The molecule has 130 valence electrons. The van der Waals surface area contributed by atoms with E-state index in [4.69, 9.17) is 0 Å². The lowest BCUT2D eigenvalue weighted by atomic mass is 10.1. The first-order chi connectivity index (χ1) is 11.9. The summed E-state index contributed by atoms with van der Waals surface area (Å²) >= 11 is 0. The Morgan fingerprint density at radius 3 is 2.56 bits per heavy atom. The van der Waals surface area contributed by atoms with Crippen LogP contribution in [0.1, 0.15) is 25.1 Å². The highest BCUT2D eigenvalue weighted by Crippen LogP contribution is 2.16. The van der Waals surface area contributed by atoms with Crippen molar-refractivity contribution >= 4 is 11.7 Å². The van der Waals surface area contributed by atoms with Crippen LogP contribution in [-0.4, -0.2) is 31.1 Å². The van der Waals surface area contributed by atoms with Gasteiger partial charge in [-0.05, 0) is 20.8 Å². The maximum Gasteiger partial charge on any atom is 0.279 e. The molecule has 1 N–H and O–H groups in total. The zero-order chi connectivity index (χ0) is 18.1. The lowest BCUT2D eigenvalue weighted by molar-refractivity contribution is -0.120. The fourth-order valence-electron chi connectivity index (χ4n) is 2.74. The first kappa shape index (κ1) is 16.9. The summed E-state index contributed by atoms with van der Waals surface area (Å²) < 4.78 is 3.06. The highest BCUT2D eigenvalue weighted by molar-refractivity contribution is 5.79. The molecule has 2 heterocycles. The van der Waals surface area contributed by atoms with Crippen LogP contribution in [0.2, 0.25) is 0 Å². The normalized spacial score (nSPS) is 11.2. The first-order valence-corrected chi connectivity index (χ1v) is 8.18. The molecule has 3 aromatic rings. The molecule has 0 aliphatic rings. The number of hydrogen-bond donors (Lipinski definition) is 1. The van der Waals surface area contributed by atoms with E-state index >= 15 is 0 Å². The van der Waals surface area contributed by atoms with E-state index in [9.17, 15) is 9.59 Å². The van der Waals surface area contributed by atoms with Gasteiger partial charge >= 0.3 is 0 Å². The van der Waals surface area contributed by atoms with Gasteiger partial charge in [0.15, 0.2) is 5.82 Å². The minimum absolute atomic E-state index is 0.0210. The third-order valence-corrected chi connectivity index (χ3v) is 4.10. The van der Waals surface area contributed by atoms with Gasteiger partial charge in [-0.1, -0.05) is 30.3 Å². The fourth-order valence-corrected chi connectivity index (χ4v) is 2.74. The summed E-state index contributed by atoms with van der Waals surface area (Å²) in [6, 6.07) is 9.51. The van der Waals surface area contributed by atoms with Crippen LogP contribution >= 0.6 is 0 Å². The Labute approximate surface area is 145 Å². The monoisotopic (exact) mass is 339 g/mol. The molecule has 0 atom stereocenters. The maximum absolute atomic E-state index is 12.8. The van der Waals surface area contributed by atoms with Crippen molar-refractivity contribution in [2.75, 3.05) is 0 Å². The topological polar surface area (TPSA) is 81.3 Å². The smallest absolute Gasteiger partial charge is 0.279 e. The number of hydrogen-bond acceptors (Lipinski definition) is 4. The Kier molecular flexibility index (Phi) is 4.39. The van der Waals surface area contributed by atoms with Crippen molar-refractivity contribution in [2.24, 2.45) is 7.05 Å². The number of aryl methyl sites for hydroxylation is 1. The van der Waals surface area contributed by atoms with Crippen LogP contribution in [0.3, 0.4) is 0 Å². The molecule has 3 rings (SSSR count). The van der Waals surface area contributed by atoms with Gasteiger partial charge in [-0.15, -0.1) is 5.10 Å². The number of carbonyl (C=O) groups is 1. The van der Waals surface area contributed by atoms with E-state index < -0.39 is 0 Å². The van der Waals surface area contributed by atoms with Crippen molar-refractivity contribution in [1.29, 1.82) is 0 Å². The predicted octanol–water partition coefficient (Wildman–Crippen LogP) is 1.47. The zero-order valence-corrected chi connectivity index (χ0v) is 14.8. The van der Waals surface area contributed by atoms with E-state index in [1.54, 1.807) is 4.57 Å². The lowest BCUT2D eigenvalue weighted by Crippen LogP contribution is -2.35. The van der Waals surface area contributed by atoms with Crippen LogP contribution in [0, 0.1) is 6.92 Å². The van der Waals surface area contributed by atoms with Crippen LogP contribution < -0.4 is 10.9 Å². The molecule has 0 saturated carbocycles. The molecule has 0 radical (unpaired) electrons. The SMILES string of the molecule is Cc1c(CC(=O)NC(C)C)c(=O)n2nc(-c3ccccc3)nc2n1C. The van der Waals surface area contributed by atoms with Gasteiger partial charge in [0.05, 0.1) is 6.42 Å². The number of nitrogens with one attached hydrogen (secondary N) is 1. The number of carbonyl (C=O) groups excluding carboxylic acids is 1. The Hall–Kier alpha value is -2.96. The molecule has 0 saturated heterocycles. The third kappa shape index (κ3) is 3.17. The molecule has 2 aromatic heterocycles.